The number of para-hydroxylation sites is 2. The second-order valence-electron chi connectivity index (χ2n) is 9.18. The van der Waals surface area contributed by atoms with Crippen LogP contribution in [0.2, 0.25) is 0 Å². The van der Waals surface area contributed by atoms with E-state index in [-0.39, 0.29) is 17.8 Å². The Morgan fingerprint density at radius 2 is 1.94 bits per heavy atom. The second kappa shape index (κ2) is 8.47. The Bertz CT molecular complexity index is 1200. The van der Waals surface area contributed by atoms with Crippen molar-refractivity contribution in [3.05, 3.63) is 64.1 Å². The monoisotopic (exact) mass is 433 g/mol. The highest BCUT2D eigenvalue weighted by Crippen LogP contribution is 2.31. The Labute approximate surface area is 188 Å². The number of carbonyl (C=O) groups excluding carboxylic acids is 1. The normalized spacial score (nSPS) is 19.5. The van der Waals surface area contributed by atoms with Gasteiger partial charge in [-0.1, -0.05) is 30.3 Å². The van der Waals surface area contributed by atoms with E-state index in [9.17, 15) is 9.59 Å². The molecule has 2 aromatic carbocycles. The lowest BCUT2D eigenvalue weighted by Gasteiger charge is -2.32. The van der Waals surface area contributed by atoms with Crippen molar-refractivity contribution in [3.63, 3.8) is 0 Å². The number of likely N-dealkylation sites (N-methyl/N-ethyl adjacent to an activating group) is 1. The van der Waals surface area contributed by atoms with Crippen LogP contribution in [0.3, 0.4) is 0 Å². The van der Waals surface area contributed by atoms with Gasteiger partial charge in [-0.3, -0.25) is 9.47 Å². The van der Waals surface area contributed by atoms with Gasteiger partial charge in [0.15, 0.2) is 0 Å². The van der Waals surface area contributed by atoms with Crippen LogP contribution in [0.5, 0.6) is 0 Å². The summed E-state index contributed by atoms with van der Waals surface area (Å²) in [7, 11) is 2.13. The Kier molecular flexibility index (Phi) is 5.51. The first-order valence-electron chi connectivity index (χ1n) is 11.6. The summed E-state index contributed by atoms with van der Waals surface area (Å²) < 4.78 is 1.88. The molecule has 5 rings (SSSR count). The SMILES string of the molecule is CC1Cc2ccccc2N1C(=O)NCCCCN(C)[C@@H]1Cc2cccc3[nH]c(=O)n(c23)C1. The third-order valence-corrected chi connectivity index (χ3v) is 6.99. The third kappa shape index (κ3) is 3.71. The van der Waals surface area contributed by atoms with Gasteiger partial charge < -0.3 is 15.2 Å². The molecule has 0 bridgehead atoms. The zero-order valence-electron chi connectivity index (χ0n) is 18.8. The molecule has 1 unspecified atom stereocenters. The van der Waals surface area contributed by atoms with Crippen molar-refractivity contribution in [2.24, 2.45) is 0 Å². The first kappa shape index (κ1) is 20.8. The fraction of sp³-hybridized carbons (Fsp3) is 0.440. The summed E-state index contributed by atoms with van der Waals surface area (Å²) in [6.07, 6.45) is 3.79. The fourth-order valence-electron chi connectivity index (χ4n) is 5.28. The Morgan fingerprint density at radius 3 is 2.81 bits per heavy atom. The molecule has 0 aliphatic carbocycles. The minimum Gasteiger partial charge on any atom is -0.338 e. The van der Waals surface area contributed by atoms with Gasteiger partial charge in [0.05, 0.1) is 11.0 Å². The topological polar surface area (TPSA) is 73.4 Å². The lowest BCUT2D eigenvalue weighted by atomic mass is 9.99. The van der Waals surface area contributed by atoms with Crippen molar-refractivity contribution >= 4 is 22.8 Å². The number of nitrogens with zero attached hydrogens (tertiary/aromatic N) is 3. The molecule has 7 heteroatoms. The minimum absolute atomic E-state index is 0.00413. The van der Waals surface area contributed by atoms with Gasteiger partial charge in [0.25, 0.3) is 0 Å². The number of fused-ring (bicyclic) bond motifs is 1. The summed E-state index contributed by atoms with van der Waals surface area (Å²) in [6, 6.07) is 14.7. The Balaban J connectivity index is 1.10. The molecule has 2 N–H and O–H groups in total. The molecular weight excluding hydrogens is 402 g/mol. The molecule has 0 radical (unpaired) electrons. The molecule has 0 saturated heterocycles. The summed E-state index contributed by atoms with van der Waals surface area (Å²) in [4.78, 5) is 32.3. The van der Waals surface area contributed by atoms with Gasteiger partial charge in [-0.15, -0.1) is 0 Å². The zero-order chi connectivity index (χ0) is 22.2. The van der Waals surface area contributed by atoms with Crippen LogP contribution >= 0.6 is 0 Å². The van der Waals surface area contributed by atoms with Crippen LogP contribution in [-0.4, -0.2) is 52.7 Å². The first-order chi connectivity index (χ1) is 15.5. The highest BCUT2D eigenvalue weighted by molar-refractivity contribution is 5.94. The Morgan fingerprint density at radius 1 is 1.12 bits per heavy atom. The van der Waals surface area contributed by atoms with E-state index in [0.29, 0.717) is 12.6 Å². The summed E-state index contributed by atoms with van der Waals surface area (Å²) in [5.74, 6) is 0. The van der Waals surface area contributed by atoms with Crippen molar-refractivity contribution in [3.8, 4) is 0 Å². The maximum Gasteiger partial charge on any atom is 0.326 e. The summed E-state index contributed by atoms with van der Waals surface area (Å²) in [5.41, 5.74) is 5.47. The maximum absolute atomic E-state index is 12.7. The number of benzene rings is 2. The van der Waals surface area contributed by atoms with E-state index >= 15 is 0 Å². The number of aromatic amines is 1. The smallest absolute Gasteiger partial charge is 0.326 e. The van der Waals surface area contributed by atoms with Crippen LogP contribution in [0.1, 0.15) is 30.9 Å². The number of nitrogens with one attached hydrogen (secondary N) is 2. The average molecular weight is 434 g/mol. The number of H-pyrrole nitrogens is 1. The predicted molar refractivity (Wildman–Crippen MR) is 127 cm³/mol. The molecule has 2 aliphatic rings. The summed E-state index contributed by atoms with van der Waals surface area (Å²) in [6.45, 7) is 4.42. The van der Waals surface area contributed by atoms with E-state index in [1.165, 1.54) is 11.1 Å². The third-order valence-electron chi connectivity index (χ3n) is 6.99. The number of unbranched alkanes of at least 4 members (excludes halogenated alkanes) is 1. The van der Waals surface area contributed by atoms with Crippen LogP contribution < -0.4 is 15.9 Å². The lowest BCUT2D eigenvalue weighted by Crippen LogP contribution is -2.44. The number of carbonyl (C=O) groups is 1. The molecule has 3 aromatic rings. The highest BCUT2D eigenvalue weighted by atomic mass is 16.2. The molecule has 1 aromatic heterocycles. The molecule has 0 saturated carbocycles. The van der Waals surface area contributed by atoms with Crippen LogP contribution in [0.4, 0.5) is 10.5 Å². The van der Waals surface area contributed by atoms with Crippen molar-refractivity contribution in [1.82, 2.24) is 19.8 Å². The number of hydrogen-bond donors (Lipinski definition) is 2. The Hall–Kier alpha value is -3.06. The molecular formula is C25H31N5O2. The van der Waals surface area contributed by atoms with Gasteiger partial charge >= 0.3 is 11.7 Å². The number of imidazole rings is 1. The summed E-state index contributed by atoms with van der Waals surface area (Å²) >= 11 is 0. The van der Waals surface area contributed by atoms with Crippen molar-refractivity contribution in [2.75, 3.05) is 25.0 Å². The van der Waals surface area contributed by atoms with E-state index in [0.717, 1.165) is 55.5 Å². The minimum atomic E-state index is -0.0222. The van der Waals surface area contributed by atoms with Crippen LogP contribution in [0.15, 0.2) is 47.3 Å². The molecule has 32 heavy (non-hydrogen) atoms. The van der Waals surface area contributed by atoms with Crippen LogP contribution in [-0.2, 0) is 19.4 Å². The van der Waals surface area contributed by atoms with Gasteiger partial charge in [0.2, 0.25) is 0 Å². The molecule has 0 fully saturated rings. The van der Waals surface area contributed by atoms with E-state index in [2.05, 4.69) is 41.3 Å². The van der Waals surface area contributed by atoms with E-state index in [4.69, 9.17) is 0 Å². The second-order valence-corrected chi connectivity index (χ2v) is 9.18. The molecule has 7 nitrogen and oxygen atoms in total. The number of urea groups is 1. The van der Waals surface area contributed by atoms with Gasteiger partial charge in [0.1, 0.15) is 0 Å². The predicted octanol–water partition coefficient (Wildman–Crippen LogP) is 3.13. The molecule has 168 valence electrons. The number of hydrogen-bond acceptors (Lipinski definition) is 3. The van der Waals surface area contributed by atoms with Crippen LogP contribution in [0.25, 0.3) is 11.0 Å². The zero-order valence-corrected chi connectivity index (χ0v) is 18.8. The molecule has 0 spiro atoms. The fourth-order valence-corrected chi connectivity index (χ4v) is 5.28. The molecule has 3 heterocycles. The number of amides is 2. The van der Waals surface area contributed by atoms with E-state index in [1.807, 2.05) is 39.8 Å². The van der Waals surface area contributed by atoms with Gasteiger partial charge in [-0.25, -0.2) is 9.59 Å². The quantitative estimate of drug-likeness (QED) is 0.587. The summed E-state index contributed by atoms with van der Waals surface area (Å²) in [5, 5.41) is 3.10. The van der Waals surface area contributed by atoms with E-state index in [1.54, 1.807) is 0 Å². The van der Waals surface area contributed by atoms with Gasteiger partial charge in [-0.05, 0) is 69.5 Å². The maximum atomic E-state index is 12.7. The van der Waals surface area contributed by atoms with Gasteiger partial charge in [0, 0.05) is 30.9 Å². The van der Waals surface area contributed by atoms with E-state index < -0.39 is 0 Å². The van der Waals surface area contributed by atoms with Crippen molar-refractivity contribution in [1.29, 1.82) is 0 Å². The number of anilines is 1. The standard InChI is InChI=1S/C25H31N5O2/c1-17-14-18-8-3-4-11-22(18)30(17)24(31)26-12-5-6-13-28(2)20-15-19-9-7-10-21-23(19)29(16-20)25(32)27-21/h3-4,7-11,17,20H,5-6,12-16H2,1-2H3,(H,26,31)(H,27,32)/t17?,20-/m1/s1. The lowest BCUT2D eigenvalue weighted by molar-refractivity contribution is 0.209. The van der Waals surface area contributed by atoms with Gasteiger partial charge in [-0.2, -0.15) is 0 Å². The molecule has 2 atom stereocenters. The molecule has 2 aliphatic heterocycles. The molecule has 2 amide bonds. The highest BCUT2D eigenvalue weighted by Gasteiger charge is 2.30. The van der Waals surface area contributed by atoms with Crippen molar-refractivity contribution in [2.45, 2.75) is 51.2 Å². The van der Waals surface area contributed by atoms with Crippen molar-refractivity contribution < 1.29 is 4.79 Å². The first-order valence-corrected chi connectivity index (χ1v) is 11.6. The largest absolute Gasteiger partial charge is 0.338 e. The number of rotatable bonds is 6. The average Bonchev–Trinajstić information content (AvgIpc) is 3.30. The van der Waals surface area contributed by atoms with Crippen LogP contribution in [0, 0.1) is 0 Å². The number of aromatic nitrogens is 2.